The Morgan fingerprint density at radius 3 is 2.41 bits per heavy atom. The van der Waals surface area contributed by atoms with Crippen LogP contribution in [0.5, 0.6) is 0 Å². The van der Waals surface area contributed by atoms with E-state index in [2.05, 4.69) is 5.32 Å². The first-order valence-electron chi connectivity index (χ1n) is 10.3. The molecular formula is C23H29N3O5S. The van der Waals surface area contributed by atoms with Crippen LogP contribution in [0.4, 0.5) is 11.4 Å². The summed E-state index contributed by atoms with van der Waals surface area (Å²) in [6.45, 7) is 6.05. The molecule has 172 valence electrons. The number of anilines is 2. The summed E-state index contributed by atoms with van der Waals surface area (Å²) in [6.07, 6.45) is -0.288. The number of aryl methyl sites for hydroxylation is 3. The van der Waals surface area contributed by atoms with Gasteiger partial charge in [-0.1, -0.05) is 29.8 Å². The first-order valence-corrected chi connectivity index (χ1v) is 11.8. The number of sulfonamides is 1. The molecule has 0 saturated carbocycles. The van der Waals surface area contributed by atoms with Crippen LogP contribution in [0.25, 0.3) is 0 Å². The number of nitrogens with one attached hydrogen (secondary N) is 1. The van der Waals surface area contributed by atoms with Crippen molar-refractivity contribution in [2.75, 3.05) is 36.9 Å². The normalized spacial score (nSPS) is 15.8. The monoisotopic (exact) mass is 459 g/mol. The number of benzene rings is 2. The van der Waals surface area contributed by atoms with Gasteiger partial charge in [0.1, 0.15) is 6.04 Å². The Labute approximate surface area is 189 Å². The van der Waals surface area contributed by atoms with E-state index in [0.717, 1.165) is 9.87 Å². The minimum absolute atomic E-state index is 0.151. The molecule has 1 unspecified atom stereocenters. The quantitative estimate of drug-likeness (QED) is 0.687. The van der Waals surface area contributed by atoms with Crippen LogP contribution in [0.2, 0.25) is 0 Å². The molecule has 2 amide bonds. The molecule has 0 spiro atoms. The molecule has 0 aliphatic carbocycles. The van der Waals surface area contributed by atoms with E-state index in [1.165, 1.54) is 12.0 Å². The van der Waals surface area contributed by atoms with Crippen LogP contribution in [0, 0.1) is 20.8 Å². The van der Waals surface area contributed by atoms with Crippen molar-refractivity contribution < 1.29 is 22.7 Å². The maximum atomic E-state index is 14.0. The second-order valence-corrected chi connectivity index (χ2v) is 9.81. The number of carbonyl (C=O) groups is 2. The fourth-order valence-electron chi connectivity index (χ4n) is 4.08. The molecule has 0 radical (unpaired) electrons. The average molecular weight is 460 g/mol. The number of fused-ring (bicyclic) bond motifs is 1. The number of ether oxygens (including phenoxy) is 1. The summed E-state index contributed by atoms with van der Waals surface area (Å²) in [5, 5.41) is 2.75. The second kappa shape index (κ2) is 9.30. The molecule has 1 atom stereocenters. The van der Waals surface area contributed by atoms with Crippen molar-refractivity contribution in [2.24, 2.45) is 0 Å². The summed E-state index contributed by atoms with van der Waals surface area (Å²) in [4.78, 5) is 27.4. The van der Waals surface area contributed by atoms with Gasteiger partial charge in [0.2, 0.25) is 11.8 Å². The Morgan fingerprint density at radius 2 is 1.78 bits per heavy atom. The topological polar surface area (TPSA) is 96.0 Å². The molecule has 0 bridgehead atoms. The van der Waals surface area contributed by atoms with E-state index in [9.17, 15) is 18.0 Å². The van der Waals surface area contributed by atoms with Crippen LogP contribution in [0.1, 0.15) is 23.1 Å². The van der Waals surface area contributed by atoms with Crippen LogP contribution in [0.15, 0.2) is 41.3 Å². The third-order valence-corrected chi connectivity index (χ3v) is 7.66. The molecule has 2 aromatic rings. The van der Waals surface area contributed by atoms with Gasteiger partial charge >= 0.3 is 0 Å². The lowest BCUT2D eigenvalue weighted by molar-refractivity contribution is -0.132. The Balaban J connectivity index is 2.12. The number of likely N-dealkylation sites (N-methyl/N-ethyl adjacent to an activating group) is 1. The lowest BCUT2D eigenvalue weighted by Gasteiger charge is -2.37. The Morgan fingerprint density at radius 1 is 1.16 bits per heavy atom. The zero-order chi connectivity index (χ0) is 23.6. The van der Waals surface area contributed by atoms with Crippen molar-refractivity contribution in [1.82, 2.24) is 4.90 Å². The molecule has 9 heteroatoms. The van der Waals surface area contributed by atoms with E-state index in [4.69, 9.17) is 4.74 Å². The number of para-hydroxylation sites is 2. The van der Waals surface area contributed by atoms with Gasteiger partial charge in [-0.2, -0.15) is 0 Å². The zero-order valence-corrected chi connectivity index (χ0v) is 19.8. The smallest absolute Gasteiger partial charge is 0.265 e. The van der Waals surface area contributed by atoms with Gasteiger partial charge in [0.05, 0.1) is 29.3 Å². The summed E-state index contributed by atoms with van der Waals surface area (Å²) >= 11 is 0. The fourth-order valence-corrected chi connectivity index (χ4v) is 6.13. The summed E-state index contributed by atoms with van der Waals surface area (Å²) in [5.41, 5.74) is 2.85. The van der Waals surface area contributed by atoms with E-state index in [0.29, 0.717) is 35.7 Å². The minimum atomic E-state index is -4.15. The maximum absolute atomic E-state index is 14.0. The number of hydrogen-bond acceptors (Lipinski definition) is 5. The molecule has 0 saturated heterocycles. The minimum Gasteiger partial charge on any atom is -0.383 e. The van der Waals surface area contributed by atoms with Gasteiger partial charge in [-0.05, 0) is 44.0 Å². The molecule has 1 heterocycles. The molecule has 2 aromatic carbocycles. The number of nitrogens with zero attached hydrogens (tertiary/aromatic N) is 2. The number of amides is 2. The molecular weight excluding hydrogens is 430 g/mol. The first-order chi connectivity index (χ1) is 15.1. The maximum Gasteiger partial charge on any atom is 0.265 e. The van der Waals surface area contributed by atoms with Gasteiger partial charge in [-0.3, -0.25) is 13.9 Å². The summed E-state index contributed by atoms with van der Waals surface area (Å²) in [5.74, 6) is -0.887. The third-order valence-electron chi connectivity index (χ3n) is 5.53. The van der Waals surface area contributed by atoms with Crippen LogP contribution >= 0.6 is 0 Å². The number of rotatable bonds is 7. The molecule has 0 aromatic heterocycles. The summed E-state index contributed by atoms with van der Waals surface area (Å²) in [7, 11) is -1.01. The van der Waals surface area contributed by atoms with Crippen molar-refractivity contribution in [1.29, 1.82) is 0 Å². The van der Waals surface area contributed by atoms with Crippen molar-refractivity contribution in [3.05, 3.63) is 53.1 Å². The van der Waals surface area contributed by atoms with Crippen molar-refractivity contribution >= 4 is 33.2 Å². The number of methoxy groups -OCH3 is 1. The van der Waals surface area contributed by atoms with Crippen LogP contribution in [-0.4, -0.2) is 58.5 Å². The predicted molar refractivity (Wildman–Crippen MR) is 123 cm³/mol. The van der Waals surface area contributed by atoms with E-state index >= 15 is 0 Å². The van der Waals surface area contributed by atoms with E-state index < -0.39 is 22.0 Å². The third kappa shape index (κ3) is 4.49. The molecule has 0 fully saturated rings. The number of carbonyl (C=O) groups excluding carboxylic acids is 2. The predicted octanol–water partition coefficient (Wildman–Crippen LogP) is 2.62. The largest absolute Gasteiger partial charge is 0.383 e. The zero-order valence-electron chi connectivity index (χ0n) is 19.0. The van der Waals surface area contributed by atoms with E-state index in [1.54, 1.807) is 57.3 Å². The van der Waals surface area contributed by atoms with Gasteiger partial charge < -0.3 is 15.0 Å². The van der Waals surface area contributed by atoms with Crippen molar-refractivity contribution in [3.8, 4) is 0 Å². The highest BCUT2D eigenvalue weighted by Gasteiger charge is 2.43. The summed E-state index contributed by atoms with van der Waals surface area (Å²) in [6, 6.07) is 9.09. The van der Waals surface area contributed by atoms with E-state index in [-0.39, 0.29) is 17.2 Å². The lowest BCUT2D eigenvalue weighted by atomic mass is 10.1. The van der Waals surface area contributed by atoms with Gasteiger partial charge in [-0.25, -0.2) is 8.42 Å². The molecule has 1 aliphatic heterocycles. The summed E-state index contributed by atoms with van der Waals surface area (Å²) < 4.78 is 34.1. The second-order valence-electron chi connectivity index (χ2n) is 8.06. The van der Waals surface area contributed by atoms with Gasteiger partial charge in [0, 0.05) is 20.7 Å². The SMILES string of the molecule is COCCN(C)C(=O)CC1C(=O)Nc2ccccc2N1S(=O)(=O)c1c(C)cc(C)cc1C. The van der Waals surface area contributed by atoms with Crippen LogP contribution < -0.4 is 9.62 Å². The highest BCUT2D eigenvalue weighted by atomic mass is 32.2. The van der Waals surface area contributed by atoms with Crippen molar-refractivity contribution in [2.45, 2.75) is 38.1 Å². The Kier molecular flexibility index (Phi) is 6.90. The van der Waals surface area contributed by atoms with Gasteiger partial charge in [0.25, 0.3) is 10.0 Å². The Hall–Kier alpha value is -2.91. The standard InChI is InChI=1S/C23H29N3O5S/c1-15-12-16(2)22(17(3)13-15)32(29,30)26-19-9-7-6-8-18(19)24-23(28)20(26)14-21(27)25(4)10-11-31-5/h6-9,12-13,20H,10-11,14H2,1-5H3,(H,24,28). The van der Waals surface area contributed by atoms with Crippen LogP contribution in [-0.2, 0) is 24.3 Å². The van der Waals surface area contributed by atoms with E-state index in [1.807, 2.05) is 6.92 Å². The highest BCUT2D eigenvalue weighted by molar-refractivity contribution is 7.93. The average Bonchev–Trinajstić information content (AvgIpc) is 2.71. The van der Waals surface area contributed by atoms with Gasteiger partial charge in [0.15, 0.2) is 0 Å². The Bertz CT molecular complexity index is 1120. The van der Waals surface area contributed by atoms with Crippen molar-refractivity contribution in [3.63, 3.8) is 0 Å². The fraction of sp³-hybridized carbons (Fsp3) is 0.391. The highest BCUT2D eigenvalue weighted by Crippen LogP contribution is 2.38. The molecule has 8 nitrogen and oxygen atoms in total. The molecule has 1 N–H and O–H groups in total. The molecule has 3 rings (SSSR count). The number of hydrogen-bond donors (Lipinski definition) is 1. The van der Waals surface area contributed by atoms with Gasteiger partial charge in [-0.15, -0.1) is 0 Å². The van der Waals surface area contributed by atoms with Crippen LogP contribution in [0.3, 0.4) is 0 Å². The lowest BCUT2D eigenvalue weighted by Crippen LogP contribution is -2.53. The molecule has 1 aliphatic rings. The first kappa shape index (κ1) is 23.7. The molecule has 32 heavy (non-hydrogen) atoms.